The molecule has 0 aromatic heterocycles. The summed E-state index contributed by atoms with van der Waals surface area (Å²) < 4.78 is 19.5. The summed E-state index contributed by atoms with van der Waals surface area (Å²) in [6.07, 6.45) is 0.875. The van der Waals surface area contributed by atoms with Crippen LogP contribution < -0.4 is 10.1 Å². The highest BCUT2D eigenvalue weighted by molar-refractivity contribution is 5.77. The molecule has 1 heterocycles. The number of nitrogens with zero attached hydrogens (tertiary/aromatic N) is 1. The first-order valence-electron chi connectivity index (χ1n) is 9.02. The maximum absolute atomic E-state index is 13.8. The van der Waals surface area contributed by atoms with E-state index in [1.165, 1.54) is 6.07 Å². The van der Waals surface area contributed by atoms with Gasteiger partial charge in [0.15, 0.2) is 0 Å². The zero-order valence-electron chi connectivity index (χ0n) is 15.0. The van der Waals surface area contributed by atoms with E-state index in [-0.39, 0.29) is 17.8 Å². The van der Waals surface area contributed by atoms with Crippen LogP contribution in [-0.2, 0) is 11.2 Å². The van der Waals surface area contributed by atoms with E-state index >= 15 is 0 Å². The summed E-state index contributed by atoms with van der Waals surface area (Å²) in [4.78, 5) is 14.3. The van der Waals surface area contributed by atoms with Crippen LogP contribution in [0.1, 0.15) is 12.0 Å². The van der Waals surface area contributed by atoms with E-state index < -0.39 is 0 Å². The Kier molecular flexibility index (Phi) is 6.23. The standard InChI is InChI=1S/C21H25FN2O2/c1-23-18(11-17-7-5-6-10-20(17)22)12-21(25)24-13-16(14-24)15-26-19-8-3-2-4-9-19/h2-10,16,18,23H,11-15H2,1H3/t18-/m1/s1. The minimum atomic E-state index is -0.220. The van der Waals surface area contributed by atoms with Crippen LogP contribution in [0.25, 0.3) is 0 Å². The average Bonchev–Trinajstić information content (AvgIpc) is 2.62. The Hall–Kier alpha value is -2.40. The lowest BCUT2D eigenvalue weighted by Gasteiger charge is -2.39. The van der Waals surface area contributed by atoms with E-state index in [0.29, 0.717) is 30.9 Å². The number of rotatable bonds is 8. The van der Waals surface area contributed by atoms with E-state index in [4.69, 9.17) is 4.74 Å². The van der Waals surface area contributed by atoms with Gasteiger partial charge < -0.3 is 15.0 Å². The predicted molar refractivity (Wildman–Crippen MR) is 99.6 cm³/mol. The molecule has 0 bridgehead atoms. The zero-order valence-corrected chi connectivity index (χ0v) is 15.0. The number of halogens is 1. The maximum Gasteiger partial charge on any atom is 0.224 e. The van der Waals surface area contributed by atoms with Gasteiger partial charge in [0.05, 0.1) is 6.61 Å². The highest BCUT2D eigenvalue weighted by atomic mass is 19.1. The second-order valence-corrected chi connectivity index (χ2v) is 6.77. The third-order valence-electron chi connectivity index (χ3n) is 4.79. The number of para-hydroxylation sites is 1. The topological polar surface area (TPSA) is 41.6 Å². The lowest BCUT2D eigenvalue weighted by atomic mass is 9.98. The molecule has 3 rings (SSSR count). The van der Waals surface area contributed by atoms with E-state index in [2.05, 4.69) is 5.32 Å². The normalized spacial score (nSPS) is 15.4. The molecular formula is C21H25FN2O2. The number of benzene rings is 2. The van der Waals surface area contributed by atoms with Crippen molar-refractivity contribution >= 4 is 5.91 Å². The van der Waals surface area contributed by atoms with Crippen LogP contribution in [0.15, 0.2) is 54.6 Å². The molecule has 4 nitrogen and oxygen atoms in total. The van der Waals surface area contributed by atoms with E-state index in [0.717, 1.165) is 18.8 Å². The molecule has 26 heavy (non-hydrogen) atoms. The molecule has 1 saturated heterocycles. The number of carbonyl (C=O) groups is 1. The summed E-state index contributed by atoms with van der Waals surface area (Å²) >= 11 is 0. The molecule has 1 N–H and O–H groups in total. The predicted octanol–water partition coefficient (Wildman–Crippen LogP) is 2.88. The maximum atomic E-state index is 13.8. The second kappa shape index (κ2) is 8.81. The van der Waals surface area contributed by atoms with Crippen molar-refractivity contribution in [2.75, 3.05) is 26.7 Å². The smallest absolute Gasteiger partial charge is 0.224 e. The Bertz CT molecular complexity index is 717. The van der Waals surface area contributed by atoms with Gasteiger partial charge >= 0.3 is 0 Å². The lowest BCUT2D eigenvalue weighted by molar-refractivity contribution is -0.138. The monoisotopic (exact) mass is 356 g/mol. The lowest BCUT2D eigenvalue weighted by Crippen LogP contribution is -2.53. The molecule has 1 fully saturated rings. The molecule has 1 aliphatic rings. The zero-order chi connectivity index (χ0) is 18.4. The minimum Gasteiger partial charge on any atom is -0.493 e. The van der Waals surface area contributed by atoms with Crippen molar-refractivity contribution in [3.8, 4) is 5.75 Å². The molecule has 1 amide bonds. The van der Waals surface area contributed by atoms with Crippen LogP contribution in [0.3, 0.4) is 0 Å². The van der Waals surface area contributed by atoms with Gasteiger partial charge in [-0.15, -0.1) is 0 Å². The van der Waals surface area contributed by atoms with Gasteiger partial charge in [0.25, 0.3) is 0 Å². The summed E-state index contributed by atoms with van der Waals surface area (Å²) in [6, 6.07) is 16.4. The summed E-state index contributed by atoms with van der Waals surface area (Å²) in [6.45, 7) is 2.07. The van der Waals surface area contributed by atoms with Crippen LogP contribution in [0.4, 0.5) is 4.39 Å². The Morgan fingerprint density at radius 1 is 1.19 bits per heavy atom. The third kappa shape index (κ3) is 4.82. The van der Waals surface area contributed by atoms with E-state index in [1.807, 2.05) is 48.3 Å². The van der Waals surface area contributed by atoms with Gasteiger partial charge in [0.1, 0.15) is 11.6 Å². The van der Waals surface area contributed by atoms with Gasteiger partial charge in [-0.3, -0.25) is 4.79 Å². The van der Waals surface area contributed by atoms with Gasteiger partial charge in [-0.25, -0.2) is 4.39 Å². The molecule has 1 atom stereocenters. The quantitative estimate of drug-likeness (QED) is 0.791. The Morgan fingerprint density at radius 3 is 2.58 bits per heavy atom. The SMILES string of the molecule is CN[C@@H](CC(=O)N1CC(COc2ccccc2)C1)Cc1ccccc1F. The molecule has 0 aliphatic carbocycles. The van der Waals surface area contributed by atoms with Crippen molar-refractivity contribution in [3.05, 3.63) is 66.0 Å². The van der Waals surface area contributed by atoms with Crippen molar-refractivity contribution in [3.63, 3.8) is 0 Å². The largest absolute Gasteiger partial charge is 0.493 e. The number of nitrogens with one attached hydrogen (secondary N) is 1. The third-order valence-corrected chi connectivity index (χ3v) is 4.79. The van der Waals surface area contributed by atoms with Crippen LogP contribution in [0.2, 0.25) is 0 Å². The van der Waals surface area contributed by atoms with Crippen LogP contribution in [-0.4, -0.2) is 43.6 Å². The van der Waals surface area contributed by atoms with Crippen molar-refractivity contribution in [1.29, 1.82) is 0 Å². The number of hydrogen-bond donors (Lipinski definition) is 1. The molecular weight excluding hydrogens is 331 g/mol. The highest BCUT2D eigenvalue weighted by Crippen LogP contribution is 2.20. The van der Waals surface area contributed by atoms with Gasteiger partial charge in [-0.05, 0) is 37.2 Å². The molecule has 0 spiro atoms. The average molecular weight is 356 g/mol. The minimum absolute atomic E-state index is 0.0704. The summed E-state index contributed by atoms with van der Waals surface area (Å²) in [5.41, 5.74) is 0.636. The van der Waals surface area contributed by atoms with Gasteiger partial charge in [0, 0.05) is 31.5 Å². The fourth-order valence-electron chi connectivity index (χ4n) is 3.16. The molecule has 138 valence electrons. The number of ether oxygens (including phenoxy) is 1. The number of carbonyl (C=O) groups excluding carboxylic acids is 1. The second-order valence-electron chi connectivity index (χ2n) is 6.77. The van der Waals surface area contributed by atoms with E-state index in [1.54, 1.807) is 12.1 Å². The van der Waals surface area contributed by atoms with Crippen molar-refractivity contribution in [2.24, 2.45) is 5.92 Å². The number of hydrogen-bond acceptors (Lipinski definition) is 3. The molecule has 5 heteroatoms. The number of likely N-dealkylation sites (tertiary alicyclic amines) is 1. The van der Waals surface area contributed by atoms with Gasteiger partial charge in [-0.1, -0.05) is 36.4 Å². The van der Waals surface area contributed by atoms with Crippen molar-refractivity contribution < 1.29 is 13.9 Å². The number of likely N-dealkylation sites (N-methyl/N-ethyl adjacent to an activating group) is 1. The number of amides is 1. The first-order valence-corrected chi connectivity index (χ1v) is 9.02. The van der Waals surface area contributed by atoms with Crippen LogP contribution >= 0.6 is 0 Å². The van der Waals surface area contributed by atoms with Crippen LogP contribution in [0.5, 0.6) is 5.75 Å². The first kappa shape index (κ1) is 18.4. The summed E-state index contributed by atoms with van der Waals surface area (Å²) in [5, 5.41) is 3.13. The van der Waals surface area contributed by atoms with Crippen LogP contribution in [0, 0.1) is 11.7 Å². The highest BCUT2D eigenvalue weighted by Gasteiger charge is 2.32. The molecule has 1 aliphatic heterocycles. The molecule has 0 saturated carbocycles. The molecule has 2 aromatic carbocycles. The van der Waals surface area contributed by atoms with E-state index in [9.17, 15) is 9.18 Å². The Labute approximate surface area is 154 Å². The van der Waals surface area contributed by atoms with Gasteiger partial charge in [-0.2, -0.15) is 0 Å². The summed E-state index contributed by atoms with van der Waals surface area (Å²) in [7, 11) is 1.81. The molecule has 0 radical (unpaired) electrons. The molecule has 2 aromatic rings. The van der Waals surface area contributed by atoms with Crippen molar-refractivity contribution in [1.82, 2.24) is 10.2 Å². The Balaban J connectivity index is 1.41. The first-order chi connectivity index (χ1) is 12.7. The summed E-state index contributed by atoms with van der Waals surface area (Å²) in [5.74, 6) is 1.12. The fourth-order valence-corrected chi connectivity index (χ4v) is 3.16. The molecule has 0 unspecified atom stereocenters. The van der Waals surface area contributed by atoms with Crippen molar-refractivity contribution in [2.45, 2.75) is 18.9 Å². The Morgan fingerprint density at radius 2 is 1.88 bits per heavy atom. The van der Waals surface area contributed by atoms with Gasteiger partial charge in [0.2, 0.25) is 5.91 Å². The fraction of sp³-hybridized carbons (Fsp3) is 0.381.